The van der Waals surface area contributed by atoms with E-state index in [1.54, 1.807) is 23.5 Å². The Hall–Kier alpha value is -1.83. The third-order valence-corrected chi connectivity index (χ3v) is 6.39. The number of aliphatic carboxylic acids is 1. The lowest BCUT2D eigenvalue weighted by Gasteiger charge is -2.36. The molecule has 2 saturated heterocycles. The van der Waals surface area contributed by atoms with Gasteiger partial charge in [-0.1, -0.05) is 0 Å². The number of nitrogens with zero attached hydrogens (tertiary/aromatic N) is 2. The monoisotopic (exact) mass is 376 g/mol. The molecule has 2 aliphatic rings. The first-order valence-corrected chi connectivity index (χ1v) is 9.67. The smallest absolute Gasteiger partial charge is 0.308 e. The van der Waals surface area contributed by atoms with Crippen molar-refractivity contribution in [3.8, 4) is 11.3 Å². The minimum Gasteiger partial charge on any atom is -0.481 e. The summed E-state index contributed by atoms with van der Waals surface area (Å²) in [6.45, 7) is 3.27. The first-order valence-electron chi connectivity index (χ1n) is 8.79. The third-order valence-electron chi connectivity index (χ3n) is 5.56. The predicted molar refractivity (Wildman–Crippen MR) is 96.4 cm³/mol. The first kappa shape index (κ1) is 17.6. The van der Waals surface area contributed by atoms with Crippen LogP contribution in [0.2, 0.25) is 0 Å². The van der Waals surface area contributed by atoms with Crippen molar-refractivity contribution in [1.29, 1.82) is 0 Å². The topological polar surface area (TPSA) is 62.7 Å². The SMILES string of the molecule is O=C(O)C1CN(Cc2nc(-c3ccc(F)cc3)cs2)CC12CCOCC2. The van der Waals surface area contributed by atoms with Crippen molar-refractivity contribution >= 4 is 17.3 Å². The van der Waals surface area contributed by atoms with E-state index in [4.69, 9.17) is 4.74 Å². The third kappa shape index (κ3) is 3.39. The number of halogens is 1. The zero-order valence-electron chi connectivity index (χ0n) is 14.4. The summed E-state index contributed by atoms with van der Waals surface area (Å²) < 4.78 is 18.5. The van der Waals surface area contributed by atoms with Crippen molar-refractivity contribution in [1.82, 2.24) is 9.88 Å². The Balaban J connectivity index is 1.48. The van der Waals surface area contributed by atoms with Gasteiger partial charge in [0.25, 0.3) is 0 Å². The van der Waals surface area contributed by atoms with E-state index in [-0.39, 0.29) is 17.2 Å². The van der Waals surface area contributed by atoms with Crippen LogP contribution in [0.3, 0.4) is 0 Å². The van der Waals surface area contributed by atoms with E-state index < -0.39 is 5.97 Å². The molecule has 1 atom stereocenters. The van der Waals surface area contributed by atoms with Crippen LogP contribution in [0.25, 0.3) is 11.3 Å². The summed E-state index contributed by atoms with van der Waals surface area (Å²) in [6, 6.07) is 6.31. The number of benzene rings is 1. The molecule has 1 N–H and O–H groups in total. The van der Waals surface area contributed by atoms with Gasteiger partial charge >= 0.3 is 5.97 Å². The summed E-state index contributed by atoms with van der Waals surface area (Å²) in [5.41, 5.74) is 1.54. The number of carbonyl (C=O) groups is 1. The molecule has 3 heterocycles. The Morgan fingerprint density at radius 3 is 2.77 bits per heavy atom. The van der Waals surface area contributed by atoms with Crippen LogP contribution in [-0.4, -0.2) is 47.3 Å². The van der Waals surface area contributed by atoms with Gasteiger partial charge in [0.2, 0.25) is 0 Å². The highest BCUT2D eigenvalue weighted by Gasteiger charge is 2.50. The summed E-state index contributed by atoms with van der Waals surface area (Å²) in [6.07, 6.45) is 1.61. The molecule has 1 spiro atoms. The van der Waals surface area contributed by atoms with Gasteiger partial charge in [0.1, 0.15) is 10.8 Å². The van der Waals surface area contributed by atoms with Gasteiger partial charge < -0.3 is 9.84 Å². The molecule has 26 heavy (non-hydrogen) atoms. The Morgan fingerprint density at radius 1 is 1.35 bits per heavy atom. The highest BCUT2D eigenvalue weighted by Crippen LogP contribution is 2.44. The van der Waals surface area contributed by atoms with Crippen molar-refractivity contribution in [2.24, 2.45) is 11.3 Å². The number of thiazole rings is 1. The molecule has 2 fully saturated rings. The van der Waals surface area contributed by atoms with Crippen LogP contribution >= 0.6 is 11.3 Å². The lowest BCUT2D eigenvalue weighted by molar-refractivity contribution is -0.147. The molecule has 1 aromatic heterocycles. The molecule has 0 radical (unpaired) electrons. The summed E-state index contributed by atoms with van der Waals surface area (Å²) >= 11 is 1.56. The molecule has 5 nitrogen and oxygen atoms in total. The first-order chi connectivity index (χ1) is 12.6. The van der Waals surface area contributed by atoms with E-state index in [0.717, 1.165) is 35.7 Å². The molecule has 0 saturated carbocycles. The van der Waals surface area contributed by atoms with Crippen LogP contribution < -0.4 is 0 Å². The number of ether oxygens (including phenoxy) is 1. The van der Waals surface area contributed by atoms with Crippen molar-refractivity contribution in [3.05, 3.63) is 40.5 Å². The second kappa shape index (κ2) is 7.06. The molecule has 138 valence electrons. The fourth-order valence-corrected chi connectivity index (χ4v) is 4.99. The summed E-state index contributed by atoms with van der Waals surface area (Å²) in [7, 11) is 0. The van der Waals surface area contributed by atoms with E-state index in [2.05, 4.69) is 9.88 Å². The highest BCUT2D eigenvalue weighted by atomic mass is 32.1. The molecule has 2 aliphatic heterocycles. The van der Waals surface area contributed by atoms with Crippen LogP contribution in [0, 0.1) is 17.2 Å². The lowest BCUT2D eigenvalue weighted by Crippen LogP contribution is -2.40. The minimum atomic E-state index is -0.708. The van der Waals surface area contributed by atoms with Crippen molar-refractivity contribution in [2.45, 2.75) is 19.4 Å². The average molecular weight is 376 g/mol. The summed E-state index contributed by atoms with van der Waals surface area (Å²) in [5, 5.41) is 12.6. The normalized spacial score (nSPS) is 22.7. The van der Waals surface area contributed by atoms with Crippen LogP contribution in [0.15, 0.2) is 29.6 Å². The van der Waals surface area contributed by atoms with Crippen molar-refractivity contribution in [3.63, 3.8) is 0 Å². The van der Waals surface area contributed by atoms with E-state index in [9.17, 15) is 14.3 Å². The number of likely N-dealkylation sites (tertiary alicyclic amines) is 1. The molecular formula is C19H21FN2O3S. The fraction of sp³-hybridized carbons (Fsp3) is 0.474. The van der Waals surface area contributed by atoms with Crippen LogP contribution in [0.5, 0.6) is 0 Å². The van der Waals surface area contributed by atoms with Crippen molar-refractivity contribution in [2.75, 3.05) is 26.3 Å². The number of rotatable bonds is 4. The zero-order valence-corrected chi connectivity index (χ0v) is 15.2. The van der Waals surface area contributed by atoms with Gasteiger partial charge in [-0.25, -0.2) is 9.37 Å². The van der Waals surface area contributed by atoms with Gasteiger partial charge in [0.15, 0.2) is 0 Å². The molecule has 0 bridgehead atoms. The standard InChI is InChI=1S/C19H21FN2O3S/c20-14-3-1-13(2-4-14)16-11-26-17(21-16)10-22-9-15(18(23)24)19(12-22)5-7-25-8-6-19/h1-4,11,15H,5-10,12H2,(H,23,24). The van der Waals surface area contributed by atoms with Gasteiger partial charge in [-0.15, -0.1) is 11.3 Å². The van der Waals surface area contributed by atoms with Gasteiger partial charge in [-0.3, -0.25) is 9.69 Å². The number of carboxylic acids is 1. The largest absolute Gasteiger partial charge is 0.481 e. The number of hydrogen-bond donors (Lipinski definition) is 1. The second-order valence-electron chi connectivity index (χ2n) is 7.17. The molecular weight excluding hydrogens is 355 g/mol. The second-order valence-corrected chi connectivity index (χ2v) is 8.11. The van der Waals surface area contributed by atoms with Gasteiger partial charge in [-0.05, 0) is 37.1 Å². The molecule has 1 unspecified atom stereocenters. The Morgan fingerprint density at radius 2 is 2.08 bits per heavy atom. The number of aromatic nitrogens is 1. The van der Waals surface area contributed by atoms with Gasteiger partial charge in [0.05, 0.1) is 18.2 Å². The van der Waals surface area contributed by atoms with Gasteiger partial charge in [-0.2, -0.15) is 0 Å². The molecule has 4 rings (SSSR count). The molecule has 0 aliphatic carbocycles. The lowest BCUT2D eigenvalue weighted by atomic mass is 9.72. The Kier molecular flexibility index (Phi) is 4.77. The fourth-order valence-electron chi connectivity index (χ4n) is 4.14. The van der Waals surface area contributed by atoms with Crippen LogP contribution in [-0.2, 0) is 16.1 Å². The summed E-state index contributed by atoms with van der Waals surface area (Å²) in [5.74, 6) is -1.31. The molecule has 7 heteroatoms. The maximum atomic E-state index is 13.1. The van der Waals surface area contributed by atoms with E-state index >= 15 is 0 Å². The summed E-state index contributed by atoms with van der Waals surface area (Å²) in [4.78, 5) is 18.6. The number of carboxylic acid groups (broad SMARTS) is 1. The van der Waals surface area contributed by atoms with E-state index in [0.29, 0.717) is 26.3 Å². The van der Waals surface area contributed by atoms with E-state index in [1.165, 1.54) is 12.1 Å². The van der Waals surface area contributed by atoms with Crippen LogP contribution in [0.1, 0.15) is 17.8 Å². The predicted octanol–water partition coefficient (Wildman–Crippen LogP) is 3.26. The highest BCUT2D eigenvalue weighted by molar-refractivity contribution is 7.09. The number of hydrogen-bond acceptors (Lipinski definition) is 5. The Bertz CT molecular complexity index is 786. The van der Waals surface area contributed by atoms with Crippen LogP contribution in [0.4, 0.5) is 4.39 Å². The van der Waals surface area contributed by atoms with Gasteiger partial charge in [0, 0.05) is 42.7 Å². The maximum Gasteiger partial charge on any atom is 0.308 e. The van der Waals surface area contributed by atoms with Crippen molar-refractivity contribution < 1.29 is 19.0 Å². The average Bonchev–Trinajstić information content (AvgIpc) is 3.22. The van der Waals surface area contributed by atoms with E-state index in [1.807, 2.05) is 5.38 Å². The minimum absolute atomic E-state index is 0.179. The molecule has 0 amide bonds. The molecule has 2 aromatic rings. The quantitative estimate of drug-likeness (QED) is 0.887. The maximum absolute atomic E-state index is 13.1. The zero-order chi connectivity index (χ0) is 18.1. The molecule has 1 aromatic carbocycles. The Labute approximate surface area is 155 Å².